The maximum atomic E-state index is 5.44. The highest BCUT2D eigenvalue weighted by Gasteiger charge is 2.08. The van der Waals surface area contributed by atoms with E-state index in [1.807, 2.05) is 18.3 Å². The Bertz CT molecular complexity index is 258. The molecule has 0 unspecified atom stereocenters. The van der Waals surface area contributed by atoms with Crippen molar-refractivity contribution in [3.63, 3.8) is 0 Å². The van der Waals surface area contributed by atoms with Gasteiger partial charge in [0, 0.05) is 12.1 Å². The number of aromatic nitrogens is 1. The summed E-state index contributed by atoms with van der Waals surface area (Å²) in [5.41, 5.74) is 7.47. The summed E-state index contributed by atoms with van der Waals surface area (Å²) in [7, 11) is 0. The third-order valence-electron chi connectivity index (χ3n) is 1.55. The van der Waals surface area contributed by atoms with E-state index in [1.54, 1.807) is 0 Å². The fourth-order valence-electron chi connectivity index (χ4n) is 1.05. The molecule has 1 aromatic rings. The highest BCUT2D eigenvalue weighted by atomic mass is 15.0. The van der Waals surface area contributed by atoms with Crippen molar-refractivity contribution in [3.8, 4) is 0 Å². The molecule has 0 fully saturated rings. The van der Waals surface area contributed by atoms with E-state index in [4.69, 9.17) is 5.73 Å². The summed E-state index contributed by atoms with van der Waals surface area (Å²) in [5, 5.41) is 3.33. The molecule has 3 heteroatoms. The van der Waals surface area contributed by atoms with Crippen molar-refractivity contribution in [3.05, 3.63) is 24.0 Å². The average Bonchev–Trinajstić information content (AvgIpc) is 2.03. The number of rotatable bonds is 2. The lowest BCUT2D eigenvalue weighted by atomic mass is 10.1. The van der Waals surface area contributed by atoms with E-state index in [1.165, 1.54) is 0 Å². The summed E-state index contributed by atoms with van der Waals surface area (Å²) in [6.45, 7) is 6.84. The molecular formula is C10H17N3. The summed E-state index contributed by atoms with van der Waals surface area (Å²) in [6, 6.07) is 3.94. The van der Waals surface area contributed by atoms with Crippen LogP contribution in [0.1, 0.15) is 26.5 Å². The number of nitrogens with two attached hydrogens (primary N) is 1. The van der Waals surface area contributed by atoms with Crippen molar-refractivity contribution in [1.82, 2.24) is 4.98 Å². The van der Waals surface area contributed by atoms with Gasteiger partial charge in [0.25, 0.3) is 0 Å². The number of pyridine rings is 1. The van der Waals surface area contributed by atoms with E-state index < -0.39 is 0 Å². The van der Waals surface area contributed by atoms with Crippen molar-refractivity contribution in [2.24, 2.45) is 5.73 Å². The van der Waals surface area contributed by atoms with Gasteiger partial charge in [0.15, 0.2) is 0 Å². The molecule has 0 saturated heterocycles. The largest absolute Gasteiger partial charge is 0.379 e. The smallest absolute Gasteiger partial charge is 0.0541 e. The minimum Gasteiger partial charge on any atom is -0.379 e. The zero-order valence-corrected chi connectivity index (χ0v) is 8.46. The predicted molar refractivity (Wildman–Crippen MR) is 55.5 cm³/mol. The maximum absolute atomic E-state index is 5.44. The number of nitrogens with one attached hydrogen (secondary N) is 1. The first-order valence-electron chi connectivity index (χ1n) is 4.44. The van der Waals surface area contributed by atoms with Gasteiger partial charge in [-0.15, -0.1) is 0 Å². The molecule has 3 nitrogen and oxygen atoms in total. The SMILES string of the molecule is CC(C)(C)Nc1ccc(CN)nc1. The molecule has 13 heavy (non-hydrogen) atoms. The van der Waals surface area contributed by atoms with Gasteiger partial charge in [0.2, 0.25) is 0 Å². The molecule has 0 spiro atoms. The van der Waals surface area contributed by atoms with Crippen LogP contribution in [0.2, 0.25) is 0 Å². The number of anilines is 1. The van der Waals surface area contributed by atoms with Gasteiger partial charge in [-0.05, 0) is 32.9 Å². The van der Waals surface area contributed by atoms with Crippen LogP contribution in [-0.4, -0.2) is 10.5 Å². The van der Waals surface area contributed by atoms with Crippen molar-refractivity contribution in [2.45, 2.75) is 32.9 Å². The van der Waals surface area contributed by atoms with E-state index in [9.17, 15) is 0 Å². The van der Waals surface area contributed by atoms with Gasteiger partial charge in [0.05, 0.1) is 17.6 Å². The average molecular weight is 179 g/mol. The molecule has 0 aliphatic carbocycles. The molecule has 0 radical (unpaired) electrons. The molecule has 0 aromatic carbocycles. The van der Waals surface area contributed by atoms with Gasteiger partial charge in [0.1, 0.15) is 0 Å². The summed E-state index contributed by atoms with van der Waals surface area (Å²) in [5.74, 6) is 0. The third-order valence-corrected chi connectivity index (χ3v) is 1.55. The molecule has 0 saturated carbocycles. The fourth-order valence-corrected chi connectivity index (χ4v) is 1.05. The maximum Gasteiger partial charge on any atom is 0.0541 e. The minimum atomic E-state index is 0.0753. The van der Waals surface area contributed by atoms with Crippen LogP contribution in [0.4, 0.5) is 5.69 Å². The topological polar surface area (TPSA) is 50.9 Å². The second-order valence-corrected chi connectivity index (χ2v) is 4.12. The summed E-state index contributed by atoms with van der Waals surface area (Å²) >= 11 is 0. The normalized spacial score (nSPS) is 11.4. The standard InChI is InChI=1S/C10H17N3/c1-10(2,3)13-9-5-4-8(6-11)12-7-9/h4-5,7,13H,6,11H2,1-3H3. The lowest BCUT2D eigenvalue weighted by molar-refractivity contribution is 0.633. The van der Waals surface area contributed by atoms with Crippen LogP contribution in [-0.2, 0) is 6.54 Å². The van der Waals surface area contributed by atoms with E-state index in [-0.39, 0.29) is 5.54 Å². The zero-order chi connectivity index (χ0) is 9.90. The van der Waals surface area contributed by atoms with Crippen molar-refractivity contribution < 1.29 is 0 Å². The van der Waals surface area contributed by atoms with Gasteiger partial charge in [-0.3, -0.25) is 4.98 Å². The van der Waals surface area contributed by atoms with Crippen molar-refractivity contribution in [1.29, 1.82) is 0 Å². The first-order valence-corrected chi connectivity index (χ1v) is 4.44. The zero-order valence-electron chi connectivity index (χ0n) is 8.46. The molecule has 0 atom stereocenters. The van der Waals surface area contributed by atoms with Gasteiger partial charge in [-0.1, -0.05) is 0 Å². The number of hydrogen-bond donors (Lipinski definition) is 2. The molecule has 0 bridgehead atoms. The second kappa shape index (κ2) is 3.75. The lowest BCUT2D eigenvalue weighted by Gasteiger charge is -2.21. The Labute approximate surface area is 79.4 Å². The van der Waals surface area contributed by atoms with E-state index in [2.05, 4.69) is 31.1 Å². The van der Waals surface area contributed by atoms with Crippen LogP contribution >= 0.6 is 0 Å². The van der Waals surface area contributed by atoms with Crippen LogP contribution in [0.15, 0.2) is 18.3 Å². The van der Waals surface area contributed by atoms with E-state index in [0.717, 1.165) is 11.4 Å². The minimum absolute atomic E-state index is 0.0753. The lowest BCUT2D eigenvalue weighted by Crippen LogP contribution is -2.26. The highest BCUT2D eigenvalue weighted by Crippen LogP contribution is 2.13. The third kappa shape index (κ3) is 3.42. The summed E-state index contributed by atoms with van der Waals surface area (Å²) < 4.78 is 0. The van der Waals surface area contributed by atoms with Crippen LogP contribution in [0.25, 0.3) is 0 Å². The summed E-state index contributed by atoms with van der Waals surface area (Å²) in [6.07, 6.45) is 1.81. The molecule has 0 aliphatic heterocycles. The Hall–Kier alpha value is -1.09. The quantitative estimate of drug-likeness (QED) is 0.727. The van der Waals surface area contributed by atoms with Gasteiger partial charge >= 0.3 is 0 Å². The van der Waals surface area contributed by atoms with Crippen LogP contribution in [0.5, 0.6) is 0 Å². The Morgan fingerprint density at radius 1 is 1.38 bits per heavy atom. The highest BCUT2D eigenvalue weighted by molar-refractivity contribution is 5.42. The molecule has 0 aliphatic rings. The van der Waals surface area contributed by atoms with Crippen molar-refractivity contribution >= 4 is 5.69 Å². The monoisotopic (exact) mass is 179 g/mol. The molecule has 0 amide bonds. The number of nitrogens with zero attached hydrogens (tertiary/aromatic N) is 1. The molecule has 3 N–H and O–H groups in total. The summed E-state index contributed by atoms with van der Waals surface area (Å²) in [4.78, 5) is 4.19. The fraction of sp³-hybridized carbons (Fsp3) is 0.500. The molecule has 1 rings (SSSR count). The molecular weight excluding hydrogens is 162 g/mol. The van der Waals surface area contributed by atoms with Crippen LogP contribution < -0.4 is 11.1 Å². The van der Waals surface area contributed by atoms with Crippen LogP contribution in [0.3, 0.4) is 0 Å². The van der Waals surface area contributed by atoms with Gasteiger partial charge < -0.3 is 11.1 Å². The van der Waals surface area contributed by atoms with E-state index in [0.29, 0.717) is 6.54 Å². The first kappa shape index (κ1) is 9.99. The van der Waals surface area contributed by atoms with Gasteiger partial charge in [-0.25, -0.2) is 0 Å². The molecule has 72 valence electrons. The van der Waals surface area contributed by atoms with Crippen LogP contribution in [0, 0.1) is 0 Å². The van der Waals surface area contributed by atoms with E-state index >= 15 is 0 Å². The van der Waals surface area contributed by atoms with Crippen molar-refractivity contribution in [2.75, 3.05) is 5.32 Å². The Morgan fingerprint density at radius 3 is 2.46 bits per heavy atom. The number of hydrogen-bond acceptors (Lipinski definition) is 3. The van der Waals surface area contributed by atoms with Gasteiger partial charge in [-0.2, -0.15) is 0 Å². The Morgan fingerprint density at radius 2 is 2.08 bits per heavy atom. The first-order chi connectivity index (χ1) is 6.01. The predicted octanol–water partition coefficient (Wildman–Crippen LogP) is 1.75. The Balaban J connectivity index is 2.70. The molecule has 1 heterocycles. The Kier molecular flexibility index (Phi) is 2.88. The second-order valence-electron chi connectivity index (χ2n) is 4.12. The molecule has 1 aromatic heterocycles.